The van der Waals surface area contributed by atoms with Crippen molar-refractivity contribution in [1.82, 2.24) is 4.98 Å². The van der Waals surface area contributed by atoms with Gasteiger partial charge in [-0.05, 0) is 43.2 Å². The van der Waals surface area contributed by atoms with Gasteiger partial charge in [0.15, 0.2) is 0 Å². The second kappa shape index (κ2) is 6.18. The van der Waals surface area contributed by atoms with Crippen molar-refractivity contribution in [1.29, 1.82) is 0 Å². The summed E-state index contributed by atoms with van der Waals surface area (Å²) in [6.45, 7) is 0.602. The molecule has 0 spiro atoms. The highest BCUT2D eigenvalue weighted by Gasteiger charge is 2.28. The Morgan fingerprint density at radius 2 is 2.24 bits per heavy atom. The Bertz CT molecular complexity index is 846. The Morgan fingerprint density at radius 1 is 1.36 bits per heavy atom. The molecule has 128 valence electrons. The number of fused-ring (bicyclic) bond motifs is 2. The smallest absolute Gasteiger partial charge is 0.262 e. The molecular formula is C18H17N3O4. The predicted octanol–water partition coefficient (Wildman–Crippen LogP) is 2.58. The summed E-state index contributed by atoms with van der Waals surface area (Å²) in [4.78, 5) is 30.6. The van der Waals surface area contributed by atoms with Crippen molar-refractivity contribution in [2.24, 2.45) is 0 Å². The molecule has 2 aliphatic heterocycles. The summed E-state index contributed by atoms with van der Waals surface area (Å²) in [6, 6.07) is 8.50. The van der Waals surface area contributed by atoms with Gasteiger partial charge in [-0.25, -0.2) is 4.98 Å². The number of amides is 2. The van der Waals surface area contributed by atoms with Crippen LogP contribution < -0.4 is 15.0 Å². The third kappa shape index (κ3) is 2.83. The molecule has 7 heteroatoms. The van der Waals surface area contributed by atoms with Crippen molar-refractivity contribution >= 4 is 23.2 Å². The number of nitrogens with one attached hydrogen (secondary N) is 1. The van der Waals surface area contributed by atoms with E-state index in [1.54, 1.807) is 43.6 Å². The van der Waals surface area contributed by atoms with Gasteiger partial charge in [-0.3, -0.25) is 9.59 Å². The van der Waals surface area contributed by atoms with Crippen LogP contribution in [0.25, 0.3) is 0 Å². The van der Waals surface area contributed by atoms with Gasteiger partial charge < -0.3 is 19.7 Å². The number of hydrogen-bond donors (Lipinski definition) is 1. The van der Waals surface area contributed by atoms with E-state index in [9.17, 15) is 9.59 Å². The molecule has 25 heavy (non-hydrogen) atoms. The maximum atomic E-state index is 12.8. The Balaban J connectivity index is 1.64. The van der Waals surface area contributed by atoms with Crippen molar-refractivity contribution in [2.75, 3.05) is 23.9 Å². The summed E-state index contributed by atoms with van der Waals surface area (Å²) in [7, 11) is 1.67. The Kier molecular flexibility index (Phi) is 3.85. The molecule has 0 aliphatic carbocycles. The van der Waals surface area contributed by atoms with Crippen molar-refractivity contribution < 1.29 is 19.1 Å². The molecule has 7 nitrogen and oxygen atoms in total. The zero-order valence-corrected chi connectivity index (χ0v) is 13.7. The van der Waals surface area contributed by atoms with E-state index in [0.29, 0.717) is 41.6 Å². The van der Waals surface area contributed by atoms with Gasteiger partial charge in [0.05, 0.1) is 5.56 Å². The van der Waals surface area contributed by atoms with E-state index in [1.165, 1.54) is 4.90 Å². The number of carbonyl (C=O) groups excluding carboxylic acids is 2. The molecule has 1 fully saturated rings. The molecule has 1 aromatic heterocycles. The summed E-state index contributed by atoms with van der Waals surface area (Å²) in [5, 5.41) is 2.81. The molecule has 4 rings (SSSR count). The average Bonchev–Trinajstić information content (AvgIpc) is 3.14. The second-order valence-corrected chi connectivity index (χ2v) is 6.00. The highest BCUT2D eigenvalue weighted by molar-refractivity contribution is 6.10. The van der Waals surface area contributed by atoms with Gasteiger partial charge in [0.25, 0.3) is 11.8 Å². The number of benzene rings is 1. The van der Waals surface area contributed by atoms with Crippen molar-refractivity contribution in [2.45, 2.75) is 18.9 Å². The van der Waals surface area contributed by atoms with Gasteiger partial charge >= 0.3 is 0 Å². The number of anilines is 2. The summed E-state index contributed by atoms with van der Waals surface area (Å²) >= 11 is 0. The molecule has 1 aromatic carbocycles. The zero-order valence-electron chi connectivity index (χ0n) is 13.7. The zero-order chi connectivity index (χ0) is 17.4. The number of pyridine rings is 1. The number of ether oxygens (including phenoxy) is 2. The lowest BCUT2D eigenvalue weighted by atomic mass is 10.1. The van der Waals surface area contributed by atoms with E-state index in [1.807, 2.05) is 0 Å². The number of nitrogens with zero attached hydrogens (tertiary/aromatic N) is 2. The molecule has 3 heterocycles. The molecule has 1 atom stereocenters. The third-order valence-corrected chi connectivity index (χ3v) is 4.32. The van der Waals surface area contributed by atoms with E-state index in [0.717, 1.165) is 6.42 Å². The first kappa shape index (κ1) is 15.6. The molecule has 2 aromatic rings. The van der Waals surface area contributed by atoms with Crippen molar-refractivity contribution in [3.63, 3.8) is 0 Å². The molecule has 1 unspecified atom stereocenters. The average molecular weight is 339 g/mol. The van der Waals surface area contributed by atoms with Gasteiger partial charge in [-0.1, -0.05) is 0 Å². The van der Waals surface area contributed by atoms with Crippen LogP contribution in [-0.4, -0.2) is 36.6 Å². The maximum absolute atomic E-state index is 12.8. The highest BCUT2D eigenvalue weighted by atomic mass is 16.5. The SMILES string of the molecule is CN1C(=O)c2cc(NC(=O)C3CCCO3)ccc2Oc2ncccc21. The summed E-state index contributed by atoms with van der Waals surface area (Å²) in [5.41, 5.74) is 1.49. The monoisotopic (exact) mass is 339 g/mol. The molecular weight excluding hydrogens is 322 g/mol. The van der Waals surface area contributed by atoms with Gasteiger partial charge in [-0.2, -0.15) is 0 Å². The number of aromatic nitrogens is 1. The van der Waals surface area contributed by atoms with Crippen LogP contribution in [0.15, 0.2) is 36.5 Å². The van der Waals surface area contributed by atoms with E-state index in [2.05, 4.69) is 10.3 Å². The Hall–Kier alpha value is -2.93. The van der Waals surface area contributed by atoms with Crippen LogP contribution in [0.5, 0.6) is 11.6 Å². The summed E-state index contributed by atoms with van der Waals surface area (Å²) in [5.74, 6) is 0.352. The fraction of sp³-hybridized carbons (Fsp3) is 0.278. The second-order valence-electron chi connectivity index (χ2n) is 6.00. The van der Waals surface area contributed by atoms with Crippen LogP contribution in [0.4, 0.5) is 11.4 Å². The standard InChI is InChI=1S/C18H17N3O4/c1-21-13-4-2-8-19-17(13)25-14-7-6-11(10-12(14)18(21)23)20-16(22)15-5-3-9-24-15/h2,4,6-8,10,15H,3,5,9H2,1H3,(H,20,22). The van der Waals surface area contributed by atoms with Crippen LogP contribution in [-0.2, 0) is 9.53 Å². The molecule has 0 bridgehead atoms. The van der Waals surface area contributed by atoms with Gasteiger partial charge in [0.1, 0.15) is 17.5 Å². The van der Waals surface area contributed by atoms with Gasteiger partial charge in [0, 0.05) is 25.5 Å². The van der Waals surface area contributed by atoms with Crippen LogP contribution in [0.1, 0.15) is 23.2 Å². The normalized spacial score (nSPS) is 18.8. The largest absolute Gasteiger partial charge is 0.436 e. The summed E-state index contributed by atoms with van der Waals surface area (Å²) in [6.07, 6.45) is 2.77. The minimum absolute atomic E-state index is 0.197. The lowest BCUT2D eigenvalue weighted by molar-refractivity contribution is -0.124. The predicted molar refractivity (Wildman–Crippen MR) is 91.1 cm³/mol. The number of carbonyl (C=O) groups is 2. The van der Waals surface area contributed by atoms with Gasteiger partial charge in [-0.15, -0.1) is 0 Å². The quantitative estimate of drug-likeness (QED) is 0.909. The van der Waals surface area contributed by atoms with E-state index in [4.69, 9.17) is 9.47 Å². The topological polar surface area (TPSA) is 80.8 Å². The maximum Gasteiger partial charge on any atom is 0.262 e. The fourth-order valence-electron chi connectivity index (χ4n) is 2.98. The van der Waals surface area contributed by atoms with Crippen LogP contribution in [0.2, 0.25) is 0 Å². The van der Waals surface area contributed by atoms with Crippen LogP contribution in [0.3, 0.4) is 0 Å². The Morgan fingerprint density at radius 3 is 3.04 bits per heavy atom. The molecule has 2 amide bonds. The fourth-order valence-corrected chi connectivity index (χ4v) is 2.98. The lowest BCUT2D eigenvalue weighted by Gasteiger charge is -2.15. The van der Waals surface area contributed by atoms with E-state index in [-0.39, 0.29) is 11.8 Å². The molecule has 1 saturated heterocycles. The van der Waals surface area contributed by atoms with Crippen LogP contribution in [0, 0.1) is 0 Å². The minimum atomic E-state index is -0.429. The first-order chi connectivity index (χ1) is 12.1. The minimum Gasteiger partial charge on any atom is -0.436 e. The number of rotatable bonds is 2. The highest BCUT2D eigenvalue weighted by Crippen LogP contribution is 2.37. The third-order valence-electron chi connectivity index (χ3n) is 4.32. The Labute approximate surface area is 144 Å². The first-order valence-electron chi connectivity index (χ1n) is 8.11. The molecule has 0 radical (unpaired) electrons. The summed E-state index contributed by atoms with van der Waals surface area (Å²) < 4.78 is 11.2. The van der Waals surface area contributed by atoms with Crippen molar-refractivity contribution in [3.05, 3.63) is 42.1 Å². The van der Waals surface area contributed by atoms with E-state index < -0.39 is 6.10 Å². The van der Waals surface area contributed by atoms with Crippen LogP contribution >= 0.6 is 0 Å². The van der Waals surface area contributed by atoms with Gasteiger partial charge in [0.2, 0.25) is 5.88 Å². The number of hydrogen-bond acceptors (Lipinski definition) is 5. The first-order valence-corrected chi connectivity index (χ1v) is 8.11. The molecule has 1 N–H and O–H groups in total. The lowest BCUT2D eigenvalue weighted by Crippen LogP contribution is -2.27. The van der Waals surface area contributed by atoms with Crippen molar-refractivity contribution in [3.8, 4) is 11.6 Å². The molecule has 2 aliphatic rings. The van der Waals surface area contributed by atoms with E-state index >= 15 is 0 Å². The molecule has 0 saturated carbocycles.